The second-order valence-electron chi connectivity index (χ2n) is 19.3. The van der Waals surface area contributed by atoms with Crippen molar-refractivity contribution in [3.63, 3.8) is 0 Å². The lowest BCUT2D eigenvalue weighted by atomic mass is 10.0. The van der Waals surface area contributed by atoms with E-state index in [4.69, 9.17) is 4.74 Å². The number of rotatable bonds is 52. The second kappa shape index (κ2) is 53.7. The summed E-state index contributed by atoms with van der Waals surface area (Å²) in [7, 11) is 0. The lowest BCUT2D eigenvalue weighted by Crippen LogP contribution is -2.45. The topological polar surface area (TPSA) is 95.9 Å². The zero-order chi connectivity index (χ0) is 46.5. The van der Waals surface area contributed by atoms with Crippen LogP contribution in [0.4, 0.5) is 0 Å². The van der Waals surface area contributed by atoms with Crippen LogP contribution in [0.2, 0.25) is 0 Å². The fourth-order valence-electron chi connectivity index (χ4n) is 8.55. The molecule has 0 rings (SSSR count). The van der Waals surface area contributed by atoms with E-state index in [1.807, 2.05) is 6.08 Å². The summed E-state index contributed by atoms with van der Waals surface area (Å²) >= 11 is 0. The molecule has 6 nitrogen and oxygen atoms in total. The molecule has 2 unspecified atom stereocenters. The molecule has 1 amide bonds. The van der Waals surface area contributed by atoms with Crippen molar-refractivity contribution in [1.29, 1.82) is 0 Å². The number of amides is 1. The number of ether oxygens (including phenoxy) is 1. The summed E-state index contributed by atoms with van der Waals surface area (Å²) in [5, 5.41) is 23.0. The number of unbranched alkanes of at least 4 members (excludes halogenated alkanes) is 37. The summed E-state index contributed by atoms with van der Waals surface area (Å²) < 4.78 is 5.46. The highest BCUT2D eigenvalue weighted by atomic mass is 16.5. The van der Waals surface area contributed by atoms with Crippen LogP contribution in [0, 0.1) is 0 Å². The average Bonchev–Trinajstić information content (AvgIpc) is 3.29. The van der Waals surface area contributed by atoms with Crippen molar-refractivity contribution >= 4 is 11.9 Å². The number of hydrogen-bond donors (Lipinski definition) is 3. The first kappa shape index (κ1) is 62.1. The predicted molar refractivity (Wildman–Crippen MR) is 278 cm³/mol. The fourth-order valence-corrected chi connectivity index (χ4v) is 8.55. The number of nitrogens with one attached hydrogen (secondary N) is 1. The van der Waals surface area contributed by atoms with Gasteiger partial charge in [0.05, 0.1) is 25.4 Å². The third-order valence-corrected chi connectivity index (χ3v) is 12.9. The Morgan fingerprint density at radius 3 is 1.19 bits per heavy atom. The molecule has 0 bridgehead atoms. The predicted octanol–water partition coefficient (Wildman–Crippen LogP) is 17.2. The van der Waals surface area contributed by atoms with Gasteiger partial charge in [0.25, 0.3) is 0 Å². The van der Waals surface area contributed by atoms with Crippen LogP contribution in [0.5, 0.6) is 0 Å². The van der Waals surface area contributed by atoms with E-state index in [2.05, 4.69) is 43.5 Å². The Balaban J connectivity index is 3.50. The summed E-state index contributed by atoms with van der Waals surface area (Å²) in [6.07, 6.45) is 65.9. The summed E-state index contributed by atoms with van der Waals surface area (Å²) in [5.41, 5.74) is 0. The molecule has 0 aliphatic heterocycles. The zero-order valence-corrected chi connectivity index (χ0v) is 42.8. The van der Waals surface area contributed by atoms with Crippen LogP contribution in [-0.2, 0) is 14.3 Å². The first-order chi connectivity index (χ1) is 31.5. The second-order valence-corrected chi connectivity index (χ2v) is 19.3. The highest BCUT2D eigenvalue weighted by molar-refractivity contribution is 5.76. The average molecular weight is 901 g/mol. The van der Waals surface area contributed by atoms with Crippen LogP contribution in [0.3, 0.4) is 0 Å². The lowest BCUT2D eigenvalue weighted by molar-refractivity contribution is -0.143. The van der Waals surface area contributed by atoms with Crippen molar-refractivity contribution < 1.29 is 24.5 Å². The van der Waals surface area contributed by atoms with Gasteiger partial charge >= 0.3 is 5.97 Å². The van der Waals surface area contributed by atoms with E-state index in [9.17, 15) is 19.8 Å². The molecule has 0 aliphatic rings. The standard InChI is InChI=1S/C58H109NO5/c1-3-5-7-9-11-13-15-17-18-20-24-28-32-36-40-44-48-52-58(63)64-53-49-45-41-37-33-29-25-22-19-21-23-27-31-35-39-43-47-51-57(62)59-55(54-60)56(61)50-46-42-38-34-30-26-16-14-12-10-8-6-4-2/h19,22,29,33,46,50,55-56,60-61H,3-18,20-21,23-28,30-32,34-45,47-49,51-54H2,1-2H3,(H,59,62)/b22-19-,33-29-,50-46+. The molecule has 64 heavy (non-hydrogen) atoms. The molecule has 0 saturated carbocycles. The third kappa shape index (κ3) is 49.5. The Hall–Kier alpha value is -1.92. The maximum atomic E-state index is 12.4. The summed E-state index contributed by atoms with van der Waals surface area (Å²) in [5.74, 6) is -0.0973. The molecule has 0 heterocycles. The number of carbonyl (C=O) groups excluding carboxylic acids is 2. The minimum Gasteiger partial charge on any atom is -0.466 e. The molecule has 3 N–H and O–H groups in total. The van der Waals surface area contributed by atoms with Crippen LogP contribution < -0.4 is 5.32 Å². The van der Waals surface area contributed by atoms with E-state index >= 15 is 0 Å². The fraction of sp³-hybridized carbons (Fsp3) is 0.862. The van der Waals surface area contributed by atoms with Crippen molar-refractivity contribution in [2.24, 2.45) is 0 Å². The Bertz CT molecular complexity index is 1040. The Labute approximate surface area is 398 Å². The molecule has 0 spiro atoms. The molecule has 2 atom stereocenters. The van der Waals surface area contributed by atoms with Gasteiger partial charge in [-0.05, 0) is 70.6 Å². The molecule has 376 valence electrons. The lowest BCUT2D eigenvalue weighted by Gasteiger charge is -2.20. The van der Waals surface area contributed by atoms with Gasteiger partial charge < -0.3 is 20.3 Å². The number of allylic oxidation sites excluding steroid dienone is 5. The Morgan fingerprint density at radius 2 is 0.781 bits per heavy atom. The minimum atomic E-state index is -0.854. The SMILES string of the molecule is CCCCCCCCCCCCC/C=C/C(O)C(CO)NC(=O)CCCCCCCCC/C=C\C/C=C\CCCCCOC(=O)CCCCCCCCCCCCCCCCCCC. The molecule has 0 fully saturated rings. The Morgan fingerprint density at radius 1 is 0.438 bits per heavy atom. The van der Waals surface area contributed by atoms with E-state index in [1.165, 1.54) is 186 Å². The van der Waals surface area contributed by atoms with Crippen molar-refractivity contribution in [3.8, 4) is 0 Å². The first-order valence-corrected chi connectivity index (χ1v) is 28.3. The van der Waals surface area contributed by atoms with Crippen LogP contribution in [0.25, 0.3) is 0 Å². The maximum absolute atomic E-state index is 12.4. The van der Waals surface area contributed by atoms with E-state index in [1.54, 1.807) is 6.08 Å². The number of esters is 1. The summed E-state index contributed by atoms with van der Waals surface area (Å²) in [6, 6.07) is -0.639. The van der Waals surface area contributed by atoms with Gasteiger partial charge in [0.2, 0.25) is 5.91 Å². The normalized spacial score (nSPS) is 12.9. The van der Waals surface area contributed by atoms with Gasteiger partial charge in [-0.2, -0.15) is 0 Å². The highest BCUT2D eigenvalue weighted by Crippen LogP contribution is 2.16. The van der Waals surface area contributed by atoms with Gasteiger partial charge in [-0.1, -0.05) is 249 Å². The maximum Gasteiger partial charge on any atom is 0.305 e. The number of carbonyl (C=O) groups is 2. The van der Waals surface area contributed by atoms with Gasteiger partial charge in [-0.25, -0.2) is 0 Å². The van der Waals surface area contributed by atoms with E-state index in [-0.39, 0.29) is 18.5 Å². The third-order valence-electron chi connectivity index (χ3n) is 12.9. The molecule has 0 aliphatic carbocycles. The highest BCUT2D eigenvalue weighted by Gasteiger charge is 2.18. The van der Waals surface area contributed by atoms with Crippen molar-refractivity contribution in [2.75, 3.05) is 13.2 Å². The van der Waals surface area contributed by atoms with Crippen LogP contribution in [-0.4, -0.2) is 47.4 Å². The molecule has 0 radical (unpaired) electrons. The summed E-state index contributed by atoms with van der Waals surface area (Å²) in [6.45, 7) is 4.86. The van der Waals surface area contributed by atoms with Crippen LogP contribution >= 0.6 is 0 Å². The van der Waals surface area contributed by atoms with Gasteiger partial charge in [0.1, 0.15) is 0 Å². The minimum absolute atomic E-state index is 0.0128. The van der Waals surface area contributed by atoms with E-state index in [0.717, 1.165) is 83.5 Å². The molecular weight excluding hydrogens is 791 g/mol. The van der Waals surface area contributed by atoms with Crippen LogP contribution in [0.15, 0.2) is 36.5 Å². The van der Waals surface area contributed by atoms with Gasteiger partial charge in [-0.3, -0.25) is 9.59 Å². The molecule has 0 aromatic carbocycles. The molecular formula is C58H109NO5. The molecule has 0 aromatic rings. The van der Waals surface area contributed by atoms with Crippen LogP contribution in [0.1, 0.15) is 296 Å². The van der Waals surface area contributed by atoms with Crippen molar-refractivity contribution in [2.45, 2.75) is 309 Å². The largest absolute Gasteiger partial charge is 0.466 e. The molecule has 6 heteroatoms. The van der Waals surface area contributed by atoms with Gasteiger partial charge in [0.15, 0.2) is 0 Å². The molecule has 0 saturated heterocycles. The monoisotopic (exact) mass is 900 g/mol. The number of hydrogen-bond acceptors (Lipinski definition) is 5. The van der Waals surface area contributed by atoms with Gasteiger partial charge in [0, 0.05) is 12.8 Å². The van der Waals surface area contributed by atoms with Gasteiger partial charge in [-0.15, -0.1) is 0 Å². The van der Waals surface area contributed by atoms with Crippen molar-refractivity contribution in [1.82, 2.24) is 5.32 Å². The zero-order valence-electron chi connectivity index (χ0n) is 42.8. The smallest absolute Gasteiger partial charge is 0.305 e. The first-order valence-electron chi connectivity index (χ1n) is 28.3. The van der Waals surface area contributed by atoms with E-state index < -0.39 is 12.1 Å². The molecule has 0 aromatic heterocycles. The summed E-state index contributed by atoms with van der Waals surface area (Å²) in [4.78, 5) is 24.5. The number of aliphatic hydroxyl groups is 2. The Kier molecular flexibility index (Phi) is 52.1. The van der Waals surface area contributed by atoms with Crippen molar-refractivity contribution in [3.05, 3.63) is 36.5 Å². The van der Waals surface area contributed by atoms with E-state index in [0.29, 0.717) is 19.4 Å². The quantitative estimate of drug-likeness (QED) is 0.0321. The number of aliphatic hydroxyl groups excluding tert-OH is 2.